The molecule has 0 saturated carbocycles. The summed E-state index contributed by atoms with van der Waals surface area (Å²) in [6.07, 6.45) is 1.02. The standard InChI is InChI=1S/C21H30N2O3/c1-3-11-25-19-6-4-5-18(14-19)15-22-16-20(21-8-7-17(2)26-21)23-9-12-24-13-10-23/h4-8,14,20,22H,3,9-13,15-16H2,1-2H3. The van der Waals surface area contributed by atoms with Crippen LogP contribution < -0.4 is 10.1 Å². The molecule has 142 valence electrons. The Balaban J connectivity index is 1.59. The van der Waals surface area contributed by atoms with Gasteiger partial charge in [0.15, 0.2) is 0 Å². The van der Waals surface area contributed by atoms with E-state index < -0.39 is 0 Å². The van der Waals surface area contributed by atoms with Crippen molar-refractivity contribution in [2.45, 2.75) is 32.9 Å². The van der Waals surface area contributed by atoms with E-state index in [-0.39, 0.29) is 6.04 Å². The van der Waals surface area contributed by atoms with E-state index in [1.165, 1.54) is 5.56 Å². The SMILES string of the molecule is CCCOc1cccc(CNCC(c2ccc(C)o2)N2CCOCC2)c1. The minimum atomic E-state index is 0.229. The lowest BCUT2D eigenvalue weighted by atomic mass is 10.1. The first-order chi connectivity index (χ1) is 12.8. The molecule has 0 aliphatic carbocycles. The number of hydrogen-bond donors (Lipinski definition) is 1. The Hall–Kier alpha value is -1.82. The molecule has 1 unspecified atom stereocenters. The topological polar surface area (TPSA) is 46.9 Å². The fraction of sp³-hybridized carbons (Fsp3) is 0.524. The number of rotatable bonds is 9. The minimum Gasteiger partial charge on any atom is -0.494 e. The Morgan fingerprint density at radius 2 is 2.04 bits per heavy atom. The zero-order valence-electron chi connectivity index (χ0n) is 15.9. The summed E-state index contributed by atoms with van der Waals surface area (Å²) in [6.45, 7) is 9.96. The number of ether oxygens (including phenoxy) is 2. The van der Waals surface area contributed by atoms with E-state index in [0.717, 1.165) is 69.7 Å². The van der Waals surface area contributed by atoms with Gasteiger partial charge in [0.05, 0.1) is 25.9 Å². The van der Waals surface area contributed by atoms with Gasteiger partial charge in [0.1, 0.15) is 17.3 Å². The lowest BCUT2D eigenvalue weighted by Crippen LogP contribution is -2.42. The molecule has 0 bridgehead atoms. The number of furan rings is 1. The van der Waals surface area contributed by atoms with Crippen molar-refractivity contribution in [3.8, 4) is 5.75 Å². The molecule has 0 spiro atoms. The van der Waals surface area contributed by atoms with E-state index in [9.17, 15) is 0 Å². The summed E-state index contributed by atoms with van der Waals surface area (Å²) in [6, 6.07) is 12.7. The third kappa shape index (κ3) is 5.34. The minimum absolute atomic E-state index is 0.229. The summed E-state index contributed by atoms with van der Waals surface area (Å²) in [5.74, 6) is 2.92. The van der Waals surface area contributed by atoms with Gasteiger partial charge in [0.25, 0.3) is 0 Å². The number of nitrogens with one attached hydrogen (secondary N) is 1. The molecule has 1 aliphatic rings. The van der Waals surface area contributed by atoms with Gasteiger partial charge in [0, 0.05) is 26.2 Å². The molecule has 26 heavy (non-hydrogen) atoms. The van der Waals surface area contributed by atoms with Crippen LogP contribution in [0.25, 0.3) is 0 Å². The lowest BCUT2D eigenvalue weighted by Gasteiger charge is -2.33. The predicted octanol–water partition coefficient (Wildman–Crippen LogP) is 3.54. The molecular weight excluding hydrogens is 328 g/mol. The van der Waals surface area contributed by atoms with Crippen molar-refractivity contribution in [2.75, 3.05) is 39.5 Å². The van der Waals surface area contributed by atoms with Gasteiger partial charge in [-0.25, -0.2) is 0 Å². The van der Waals surface area contributed by atoms with E-state index in [4.69, 9.17) is 13.9 Å². The first-order valence-corrected chi connectivity index (χ1v) is 9.57. The maximum atomic E-state index is 5.92. The van der Waals surface area contributed by atoms with Crippen LogP contribution in [0, 0.1) is 6.92 Å². The van der Waals surface area contributed by atoms with Gasteiger partial charge in [0.2, 0.25) is 0 Å². The average Bonchev–Trinajstić information content (AvgIpc) is 3.10. The maximum Gasteiger partial charge on any atom is 0.122 e. The predicted molar refractivity (Wildman–Crippen MR) is 103 cm³/mol. The van der Waals surface area contributed by atoms with Gasteiger partial charge in [-0.05, 0) is 43.2 Å². The quantitative estimate of drug-likeness (QED) is 0.743. The van der Waals surface area contributed by atoms with Crippen LogP contribution in [-0.4, -0.2) is 44.4 Å². The highest BCUT2D eigenvalue weighted by atomic mass is 16.5. The molecule has 1 saturated heterocycles. The molecule has 1 N–H and O–H groups in total. The van der Waals surface area contributed by atoms with E-state index in [0.29, 0.717) is 0 Å². The highest BCUT2D eigenvalue weighted by Gasteiger charge is 2.24. The van der Waals surface area contributed by atoms with Gasteiger partial charge in [-0.1, -0.05) is 19.1 Å². The summed E-state index contributed by atoms with van der Waals surface area (Å²) in [7, 11) is 0. The molecule has 1 fully saturated rings. The van der Waals surface area contributed by atoms with Gasteiger partial charge in [-0.2, -0.15) is 0 Å². The Morgan fingerprint density at radius 3 is 2.77 bits per heavy atom. The first-order valence-electron chi connectivity index (χ1n) is 9.57. The fourth-order valence-electron chi connectivity index (χ4n) is 3.25. The summed E-state index contributed by atoms with van der Waals surface area (Å²) >= 11 is 0. The molecule has 5 nitrogen and oxygen atoms in total. The van der Waals surface area contributed by atoms with Crippen molar-refractivity contribution < 1.29 is 13.9 Å². The van der Waals surface area contributed by atoms with Gasteiger partial charge in [-0.15, -0.1) is 0 Å². The fourth-order valence-corrected chi connectivity index (χ4v) is 3.25. The third-order valence-electron chi connectivity index (χ3n) is 4.61. The van der Waals surface area contributed by atoms with Crippen molar-refractivity contribution in [1.82, 2.24) is 10.2 Å². The summed E-state index contributed by atoms with van der Waals surface area (Å²) in [5.41, 5.74) is 1.23. The highest BCUT2D eigenvalue weighted by molar-refractivity contribution is 5.28. The van der Waals surface area contributed by atoms with Gasteiger partial charge in [-0.3, -0.25) is 4.90 Å². The van der Waals surface area contributed by atoms with E-state index >= 15 is 0 Å². The van der Waals surface area contributed by atoms with Crippen molar-refractivity contribution in [3.63, 3.8) is 0 Å². The van der Waals surface area contributed by atoms with E-state index in [1.54, 1.807) is 0 Å². The normalized spacial score (nSPS) is 16.5. The first kappa shape index (κ1) is 19.0. The number of hydrogen-bond acceptors (Lipinski definition) is 5. The van der Waals surface area contributed by atoms with E-state index in [2.05, 4.69) is 41.4 Å². The molecule has 1 aromatic heterocycles. The molecule has 2 aromatic rings. The van der Waals surface area contributed by atoms with Crippen LogP contribution in [0.3, 0.4) is 0 Å². The number of aryl methyl sites for hydroxylation is 1. The molecule has 1 aliphatic heterocycles. The second kappa shape index (κ2) is 9.76. The van der Waals surface area contributed by atoms with Crippen LogP contribution in [0.1, 0.15) is 36.5 Å². The van der Waals surface area contributed by atoms with Crippen LogP contribution in [-0.2, 0) is 11.3 Å². The van der Waals surface area contributed by atoms with Crippen molar-refractivity contribution in [1.29, 1.82) is 0 Å². The largest absolute Gasteiger partial charge is 0.494 e. The molecular formula is C21H30N2O3. The Labute approximate surface area is 156 Å². The van der Waals surface area contributed by atoms with Crippen molar-refractivity contribution in [2.24, 2.45) is 0 Å². The Kier molecular flexibility index (Phi) is 7.12. The summed E-state index contributed by atoms with van der Waals surface area (Å²) in [5, 5.41) is 3.59. The van der Waals surface area contributed by atoms with Crippen molar-refractivity contribution >= 4 is 0 Å². The van der Waals surface area contributed by atoms with Crippen molar-refractivity contribution in [3.05, 3.63) is 53.5 Å². The lowest BCUT2D eigenvalue weighted by molar-refractivity contribution is 0.0115. The second-order valence-electron chi connectivity index (χ2n) is 6.74. The highest BCUT2D eigenvalue weighted by Crippen LogP contribution is 2.23. The zero-order valence-corrected chi connectivity index (χ0v) is 15.9. The number of benzene rings is 1. The molecule has 0 radical (unpaired) electrons. The van der Waals surface area contributed by atoms with Crippen LogP contribution in [0.4, 0.5) is 0 Å². The molecule has 5 heteroatoms. The monoisotopic (exact) mass is 358 g/mol. The smallest absolute Gasteiger partial charge is 0.122 e. The van der Waals surface area contributed by atoms with Crippen LogP contribution >= 0.6 is 0 Å². The zero-order chi connectivity index (χ0) is 18.2. The molecule has 0 amide bonds. The molecule has 1 atom stereocenters. The molecule has 2 heterocycles. The average molecular weight is 358 g/mol. The molecule has 1 aromatic carbocycles. The number of morpholine rings is 1. The van der Waals surface area contributed by atoms with Crippen LogP contribution in [0.15, 0.2) is 40.8 Å². The third-order valence-corrected chi connectivity index (χ3v) is 4.61. The molecule has 3 rings (SSSR count). The van der Waals surface area contributed by atoms with Gasteiger partial charge < -0.3 is 19.2 Å². The number of nitrogens with zero attached hydrogens (tertiary/aromatic N) is 1. The van der Waals surface area contributed by atoms with Crippen LogP contribution in [0.5, 0.6) is 5.75 Å². The van der Waals surface area contributed by atoms with Gasteiger partial charge >= 0.3 is 0 Å². The van der Waals surface area contributed by atoms with Crippen LogP contribution in [0.2, 0.25) is 0 Å². The Morgan fingerprint density at radius 1 is 1.19 bits per heavy atom. The van der Waals surface area contributed by atoms with E-state index in [1.807, 2.05) is 19.1 Å². The summed E-state index contributed by atoms with van der Waals surface area (Å²) < 4.78 is 17.2. The second-order valence-corrected chi connectivity index (χ2v) is 6.74. The summed E-state index contributed by atoms with van der Waals surface area (Å²) in [4.78, 5) is 2.44. The Bertz CT molecular complexity index is 665. The maximum absolute atomic E-state index is 5.92.